The lowest BCUT2D eigenvalue weighted by molar-refractivity contribution is -0.130. The number of nitrogens with zero attached hydrogens (tertiary/aromatic N) is 2. The topological polar surface area (TPSA) is 66.9 Å². The summed E-state index contributed by atoms with van der Waals surface area (Å²) in [5.41, 5.74) is 0.670. The maximum atomic E-state index is 12.3. The van der Waals surface area contributed by atoms with Gasteiger partial charge in [-0.2, -0.15) is 0 Å². The Morgan fingerprint density at radius 2 is 1.82 bits per heavy atom. The third-order valence-electron chi connectivity index (χ3n) is 3.73. The molecule has 2 amide bonds. The first kappa shape index (κ1) is 16.0. The number of carbonyl (C=O) groups is 3. The van der Waals surface area contributed by atoms with E-state index in [1.165, 1.54) is 18.9 Å². The smallest absolute Gasteiger partial charge is 0.339 e. The van der Waals surface area contributed by atoms with Crippen molar-refractivity contribution in [3.05, 3.63) is 29.8 Å². The van der Waals surface area contributed by atoms with E-state index in [-0.39, 0.29) is 23.9 Å². The van der Waals surface area contributed by atoms with E-state index in [4.69, 9.17) is 4.74 Å². The molecule has 1 aliphatic rings. The number of likely N-dealkylation sites (tertiary alicyclic amines) is 1. The normalized spacial score (nSPS) is 13.8. The average Bonchev–Trinajstić information content (AvgIpc) is 3.06. The summed E-state index contributed by atoms with van der Waals surface area (Å²) in [6.45, 7) is 2.76. The minimum atomic E-state index is -0.532. The van der Waals surface area contributed by atoms with E-state index >= 15 is 0 Å². The largest absolute Gasteiger partial charge is 0.465 e. The van der Waals surface area contributed by atoms with Crippen LogP contribution in [0.5, 0.6) is 0 Å². The zero-order valence-electron chi connectivity index (χ0n) is 12.9. The Bertz CT molecular complexity index is 579. The van der Waals surface area contributed by atoms with Crippen molar-refractivity contribution >= 4 is 23.5 Å². The molecule has 1 heterocycles. The van der Waals surface area contributed by atoms with Gasteiger partial charge in [-0.3, -0.25) is 9.59 Å². The van der Waals surface area contributed by atoms with Crippen LogP contribution in [0.1, 0.15) is 30.1 Å². The van der Waals surface area contributed by atoms with Gasteiger partial charge in [-0.05, 0) is 25.0 Å². The molecule has 1 aromatic rings. The van der Waals surface area contributed by atoms with E-state index in [0.717, 1.165) is 25.9 Å². The Labute approximate surface area is 129 Å². The molecule has 0 aliphatic carbocycles. The Morgan fingerprint density at radius 3 is 2.41 bits per heavy atom. The van der Waals surface area contributed by atoms with Crippen LogP contribution < -0.4 is 4.90 Å². The molecule has 0 N–H and O–H groups in total. The molecule has 1 saturated heterocycles. The van der Waals surface area contributed by atoms with Gasteiger partial charge in [0.1, 0.15) is 6.54 Å². The lowest BCUT2D eigenvalue weighted by atomic mass is 10.1. The van der Waals surface area contributed by atoms with Gasteiger partial charge >= 0.3 is 5.97 Å². The Morgan fingerprint density at radius 1 is 1.18 bits per heavy atom. The van der Waals surface area contributed by atoms with Crippen LogP contribution >= 0.6 is 0 Å². The molecule has 1 fully saturated rings. The first-order valence-corrected chi connectivity index (χ1v) is 7.28. The average molecular weight is 304 g/mol. The van der Waals surface area contributed by atoms with Crippen molar-refractivity contribution in [1.82, 2.24) is 4.90 Å². The maximum absolute atomic E-state index is 12.3. The zero-order chi connectivity index (χ0) is 16.1. The standard InChI is InChI=1S/C16H20N2O4/c1-12(19)18(11-15(20)17-9-5-6-10-17)14-8-4-3-7-13(14)16(21)22-2/h3-4,7-8H,5-6,9-11H2,1-2H3. The highest BCUT2D eigenvalue weighted by atomic mass is 16.5. The lowest BCUT2D eigenvalue weighted by Crippen LogP contribution is -2.41. The summed E-state index contributed by atoms with van der Waals surface area (Å²) in [7, 11) is 1.28. The van der Waals surface area contributed by atoms with E-state index in [9.17, 15) is 14.4 Å². The molecule has 118 valence electrons. The second-order valence-corrected chi connectivity index (χ2v) is 5.20. The fourth-order valence-corrected chi connectivity index (χ4v) is 2.56. The molecule has 0 radical (unpaired) electrons. The molecule has 0 unspecified atom stereocenters. The monoisotopic (exact) mass is 304 g/mol. The highest BCUT2D eigenvalue weighted by Crippen LogP contribution is 2.22. The highest BCUT2D eigenvalue weighted by molar-refractivity contribution is 6.04. The molecule has 2 rings (SSSR count). The van der Waals surface area contributed by atoms with Crippen LogP contribution in [0.3, 0.4) is 0 Å². The predicted molar refractivity (Wildman–Crippen MR) is 81.6 cm³/mol. The van der Waals surface area contributed by atoms with Gasteiger partial charge in [0, 0.05) is 20.0 Å². The third-order valence-corrected chi connectivity index (χ3v) is 3.73. The van der Waals surface area contributed by atoms with Crippen LogP contribution in [0.4, 0.5) is 5.69 Å². The Kier molecular flexibility index (Phi) is 5.14. The number of ether oxygens (including phenoxy) is 1. The summed E-state index contributed by atoms with van der Waals surface area (Å²) in [5.74, 6) is -0.924. The minimum absolute atomic E-state index is 0.0661. The molecule has 0 spiro atoms. The van der Waals surface area contributed by atoms with E-state index in [2.05, 4.69) is 0 Å². The molecular weight excluding hydrogens is 284 g/mol. The van der Waals surface area contributed by atoms with Gasteiger partial charge in [-0.15, -0.1) is 0 Å². The molecular formula is C16H20N2O4. The number of esters is 1. The molecule has 0 saturated carbocycles. The Balaban J connectivity index is 2.26. The van der Waals surface area contributed by atoms with E-state index < -0.39 is 5.97 Å². The van der Waals surface area contributed by atoms with Gasteiger partial charge in [0.15, 0.2) is 0 Å². The Hall–Kier alpha value is -2.37. The van der Waals surface area contributed by atoms with Crippen LogP contribution in [0.15, 0.2) is 24.3 Å². The number of methoxy groups -OCH3 is 1. The van der Waals surface area contributed by atoms with E-state index in [1.807, 2.05) is 0 Å². The summed E-state index contributed by atoms with van der Waals surface area (Å²) >= 11 is 0. The highest BCUT2D eigenvalue weighted by Gasteiger charge is 2.25. The first-order valence-electron chi connectivity index (χ1n) is 7.28. The number of hydrogen-bond acceptors (Lipinski definition) is 4. The van der Waals surface area contributed by atoms with Crippen molar-refractivity contribution < 1.29 is 19.1 Å². The number of para-hydroxylation sites is 1. The second kappa shape index (κ2) is 7.06. The number of anilines is 1. The fraction of sp³-hybridized carbons (Fsp3) is 0.438. The lowest BCUT2D eigenvalue weighted by Gasteiger charge is -2.25. The molecule has 1 aliphatic heterocycles. The van der Waals surface area contributed by atoms with Crippen LogP contribution in [-0.2, 0) is 14.3 Å². The number of benzene rings is 1. The summed E-state index contributed by atoms with van der Waals surface area (Å²) in [6.07, 6.45) is 1.98. The van der Waals surface area contributed by atoms with Crippen LogP contribution in [0, 0.1) is 0 Å². The van der Waals surface area contributed by atoms with Gasteiger partial charge < -0.3 is 14.5 Å². The van der Waals surface area contributed by atoms with Gasteiger partial charge in [-0.25, -0.2) is 4.79 Å². The molecule has 6 heteroatoms. The summed E-state index contributed by atoms with van der Waals surface area (Å²) in [5, 5.41) is 0. The third kappa shape index (κ3) is 3.44. The van der Waals surface area contributed by atoms with Crippen LogP contribution in [0.2, 0.25) is 0 Å². The molecule has 1 aromatic carbocycles. The molecule has 0 bridgehead atoms. The quantitative estimate of drug-likeness (QED) is 0.790. The van der Waals surface area contributed by atoms with Crippen molar-refractivity contribution in [1.29, 1.82) is 0 Å². The number of amides is 2. The summed E-state index contributed by atoms with van der Waals surface area (Å²) < 4.78 is 4.74. The number of rotatable bonds is 4. The SMILES string of the molecule is COC(=O)c1ccccc1N(CC(=O)N1CCCC1)C(C)=O. The molecule has 0 aromatic heterocycles. The fourth-order valence-electron chi connectivity index (χ4n) is 2.56. The van der Waals surface area contributed by atoms with Gasteiger partial charge in [0.05, 0.1) is 18.4 Å². The molecule has 22 heavy (non-hydrogen) atoms. The van der Waals surface area contributed by atoms with Crippen molar-refractivity contribution in [2.45, 2.75) is 19.8 Å². The first-order chi connectivity index (χ1) is 10.5. The number of hydrogen-bond donors (Lipinski definition) is 0. The van der Waals surface area contributed by atoms with Crippen molar-refractivity contribution in [2.75, 3.05) is 31.6 Å². The van der Waals surface area contributed by atoms with Crippen molar-refractivity contribution in [2.24, 2.45) is 0 Å². The van der Waals surface area contributed by atoms with E-state index in [0.29, 0.717) is 5.69 Å². The summed E-state index contributed by atoms with van der Waals surface area (Å²) in [6, 6.07) is 6.64. The van der Waals surface area contributed by atoms with Crippen LogP contribution in [0.25, 0.3) is 0 Å². The van der Waals surface area contributed by atoms with Crippen LogP contribution in [-0.4, -0.2) is 49.4 Å². The van der Waals surface area contributed by atoms with Crippen molar-refractivity contribution in [3.63, 3.8) is 0 Å². The maximum Gasteiger partial charge on any atom is 0.339 e. The number of carbonyl (C=O) groups excluding carboxylic acids is 3. The summed E-state index contributed by atoms with van der Waals surface area (Å²) in [4.78, 5) is 39.2. The van der Waals surface area contributed by atoms with Crippen molar-refractivity contribution in [3.8, 4) is 0 Å². The van der Waals surface area contributed by atoms with E-state index in [1.54, 1.807) is 29.2 Å². The molecule has 6 nitrogen and oxygen atoms in total. The molecule has 0 atom stereocenters. The van der Waals surface area contributed by atoms with Gasteiger partial charge in [0.2, 0.25) is 11.8 Å². The second-order valence-electron chi connectivity index (χ2n) is 5.20. The zero-order valence-corrected chi connectivity index (χ0v) is 12.9. The van der Waals surface area contributed by atoms with Gasteiger partial charge in [-0.1, -0.05) is 12.1 Å². The predicted octanol–water partition coefficient (Wildman–Crippen LogP) is 1.45. The van der Waals surface area contributed by atoms with Gasteiger partial charge in [0.25, 0.3) is 0 Å². The minimum Gasteiger partial charge on any atom is -0.465 e.